The lowest BCUT2D eigenvalue weighted by molar-refractivity contribution is 0.895. The number of aromatic nitrogens is 1. The van der Waals surface area contributed by atoms with Crippen LogP contribution in [-0.2, 0) is 0 Å². The van der Waals surface area contributed by atoms with Crippen molar-refractivity contribution in [2.24, 2.45) is 0 Å². The summed E-state index contributed by atoms with van der Waals surface area (Å²) in [5.41, 5.74) is 2.55. The molecule has 0 fully saturated rings. The Morgan fingerprint density at radius 3 is 3.20 bits per heavy atom. The Bertz CT molecular complexity index is 388. The summed E-state index contributed by atoms with van der Waals surface area (Å²) in [5, 5.41) is 3.19. The van der Waals surface area contributed by atoms with E-state index >= 15 is 0 Å². The second-order valence-electron chi connectivity index (χ2n) is 3.46. The minimum absolute atomic E-state index is 0.952. The second kappa shape index (κ2) is 5.15. The summed E-state index contributed by atoms with van der Waals surface area (Å²) in [6.45, 7) is 0.952. The van der Waals surface area contributed by atoms with Gasteiger partial charge in [-0.3, -0.25) is 4.98 Å². The molecule has 0 radical (unpaired) electrons. The van der Waals surface area contributed by atoms with Crippen LogP contribution in [0, 0.1) is 0 Å². The molecule has 0 saturated carbocycles. The lowest BCUT2D eigenvalue weighted by Crippen LogP contribution is -2.11. The predicted octanol–water partition coefficient (Wildman–Crippen LogP) is 2.53. The molecule has 0 bridgehead atoms. The monoisotopic (exact) mass is 198 g/mol. The standard InChI is InChI=1S/C13H14N2/c1(4-12-6-2-8-14-10-12)5-13-7-3-9-15-11-13/h1-4,6-10,15H,5,11H2/b4-1+. The normalized spacial score (nSPS) is 15.1. The van der Waals surface area contributed by atoms with Gasteiger partial charge in [0.15, 0.2) is 0 Å². The van der Waals surface area contributed by atoms with Gasteiger partial charge < -0.3 is 5.32 Å². The molecule has 0 spiro atoms. The maximum absolute atomic E-state index is 4.06. The highest BCUT2D eigenvalue weighted by Gasteiger charge is 1.95. The summed E-state index contributed by atoms with van der Waals surface area (Å²) in [4.78, 5) is 4.06. The SMILES string of the molecule is C1=CNCC(C/C=C/c2cccnc2)=C1. The first-order chi connectivity index (χ1) is 7.45. The van der Waals surface area contributed by atoms with Crippen molar-refractivity contribution in [2.45, 2.75) is 6.42 Å². The van der Waals surface area contributed by atoms with Crippen LogP contribution in [0.1, 0.15) is 12.0 Å². The molecule has 1 aliphatic heterocycles. The Hall–Kier alpha value is -1.83. The first kappa shape index (κ1) is 9.71. The van der Waals surface area contributed by atoms with Crippen molar-refractivity contribution in [3.05, 3.63) is 60.1 Å². The van der Waals surface area contributed by atoms with Gasteiger partial charge in [0.25, 0.3) is 0 Å². The minimum atomic E-state index is 0.952. The third kappa shape index (κ3) is 3.09. The van der Waals surface area contributed by atoms with E-state index in [9.17, 15) is 0 Å². The summed E-state index contributed by atoms with van der Waals surface area (Å²) >= 11 is 0. The van der Waals surface area contributed by atoms with Crippen molar-refractivity contribution >= 4 is 6.08 Å². The van der Waals surface area contributed by atoms with Gasteiger partial charge in [0.1, 0.15) is 0 Å². The van der Waals surface area contributed by atoms with Gasteiger partial charge in [0.05, 0.1) is 0 Å². The third-order valence-corrected chi connectivity index (χ3v) is 2.25. The first-order valence-electron chi connectivity index (χ1n) is 5.10. The summed E-state index contributed by atoms with van der Waals surface area (Å²) in [6, 6.07) is 4.00. The summed E-state index contributed by atoms with van der Waals surface area (Å²) in [6.07, 6.45) is 15.1. The molecule has 0 aliphatic carbocycles. The highest BCUT2D eigenvalue weighted by atomic mass is 14.8. The molecule has 2 heterocycles. The van der Waals surface area contributed by atoms with Gasteiger partial charge in [0.2, 0.25) is 0 Å². The number of nitrogens with one attached hydrogen (secondary N) is 1. The zero-order chi connectivity index (χ0) is 10.3. The van der Waals surface area contributed by atoms with Crippen molar-refractivity contribution < 1.29 is 0 Å². The molecule has 0 amide bonds. The molecule has 76 valence electrons. The number of dihydropyridines is 1. The molecule has 1 aromatic heterocycles. The smallest absolute Gasteiger partial charge is 0.0360 e. The molecule has 1 N–H and O–H groups in total. The van der Waals surface area contributed by atoms with Crippen molar-refractivity contribution in [1.82, 2.24) is 10.3 Å². The van der Waals surface area contributed by atoms with Gasteiger partial charge in [-0.05, 0) is 35.9 Å². The fourth-order valence-electron chi connectivity index (χ4n) is 1.46. The van der Waals surface area contributed by atoms with Crippen LogP contribution in [0.2, 0.25) is 0 Å². The quantitative estimate of drug-likeness (QED) is 0.807. The zero-order valence-corrected chi connectivity index (χ0v) is 8.56. The molecule has 0 aromatic carbocycles. The molecule has 2 nitrogen and oxygen atoms in total. The Balaban J connectivity index is 1.90. The average Bonchev–Trinajstić information content (AvgIpc) is 2.32. The lowest BCUT2D eigenvalue weighted by Gasteiger charge is -2.07. The van der Waals surface area contributed by atoms with E-state index in [0.29, 0.717) is 0 Å². The van der Waals surface area contributed by atoms with Crippen LogP contribution in [0.25, 0.3) is 6.08 Å². The molecule has 0 saturated heterocycles. The van der Waals surface area contributed by atoms with Gasteiger partial charge in [-0.1, -0.05) is 24.3 Å². The predicted molar refractivity (Wildman–Crippen MR) is 63.1 cm³/mol. The molecule has 2 rings (SSSR count). The first-order valence-corrected chi connectivity index (χ1v) is 5.10. The van der Waals surface area contributed by atoms with Crippen LogP contribution in [0.3, 0.4) is 0 Å². The molecular formula is C13H14N2. The Labute approximate surface area is 90.0 Å². The Morgan fingerprint density at radius 1 is 1.47 bits per heavy atom. The molecule has 0 atom stereocenters. The molecule has 15 heavy (non-hydrogen) atoms. The van der Waals surface area contributed by atoms with Crippen LogP contribution in [0.15, 0.2) is 54.5 Å². The Morgan fingerprint density at radius 2 is 2.47 bits per heavy atom. The highest BCUT2D eigenvalue weighted by molar-refractivity contribution is 5.48. The number of hydrogen-bond donors (Lipinski definition) is 1. The van der Waals surface area contributed by atoms with E-state index in [1.807, 2.05) is 24.5 Å². The van der Waals surface area contributed by atoms with Gasteiger partial charge in [-0.2, -0.15) is 0 Å². The van der Waals surface area contributed by atoms with Crippen LogP contribution >= 0.6 is 0 Å². The van der Waals surface area contributed by atoms with E-state index in [0.717, 1.165) is 18.5 Å². The van der Waals surface area contributed by atoms with Crippen molar-refractivity contribution in [1.29, 1.82) is 0 Å². The zero-order valence-electron chi connectivity index (χ0n) is 8.56. The van der Waals surface area contributed by atoms with Crippen molar-refractivity contribution in [2.75, 3.05) is 6.54 Å². The number of rotatable bonds is 3. The highest BCUT2D eigenvalue weighted by Crippen LogP contribution is 2.07. The molecule has 1 aromatic rings. The fourth-order valence-corrected chi connectivity index (χ4v) is 1.46. The summed E-state index contributed by atoms with van der Waals surface area (Å²) in [5.74, 6) is 0. The van der Waals surface area contributed by atoms with Crippen LogP contribution in [0.4, 0.5) is 0 Å². The number of nitrogens with zero attached hydrogens (tertiary/aromatic N) is 1. The van der Waals surface area contributed by atoms with Gasteiger partial charge in [-0.15, -0.1) is 0 Å². The van der Waals surface area contributed by atoms with Gasteiger partial charge in [0, 0.05) is 18.9 Å². The number of pyridine rings is 1. The minimum Gasteiger partial charge on any atom is -0.387 e. The van der Waals surface area contributed by atoms with E-state index in [1.54, 1.807) is 6.20 Å². The van der Waals surface area contributed by atoms with E-state index < -0.39 is 0 Å². The van der Waals surface area contributed by atoms with Crippen molar-refractivity contribution in [3.63, 3.8) is 0 Å². The molecule has 1 aliphatic rings. The van der Waals surface area contributed by atoms with Gasteiger partial charge in [-0.25, -0.2) is 0 Å². The van der Waals surface area contributed by atoms with Crippen LogP contribution in [0.5, 0.6) is 0 Å². The van der Waals surface area contributed by atoms with E-state index in [4.69, 9.17) is 0 Å². The molecule has 0 unspecified atom stereocenters. The van der Waals surface area contributed by atoms with E-state index in [1.165, 1.54) is 5.57 Å². The van der Waals surface area contributed by atoms with Gasteiger partial charge >= 0.3 is 0 Å². The summed E-state index contributed by atoms with van der Waals surface area (Å²) < 4.78 is 0. The maximum atomic E-state index is 4.06. The van der Waals surface area contributed by atoms with E-state index in [-0.39, 0.29) is 0 Å². The third-order valence-electron chi connectivity index (χ3n) is 2.25. The van der Waals surface area contributed by atoms with Crippen molar-refractivity contribution in [3.8, 4) is 0 Å². The van der Waals surface area contributed by atoms with E-state index in [2.05, 4.69) is 34.6 Å². The molecule has 2 heteroatoms. The second-order valence-corrected chi connectivity index (χ2v) is 3.46. The molecular weight excluding hydrogens is 184 g/mol. The number of hydrogen-bond acceptors (Lipinski definition) is 2. The van der Waals surface area contributed by atoms with Crippen LogP contribution < -0.4 is 5.32 Å². The average molecular weight is 198 g/mol. The largest absolute Gasteiger partial charge is 0.387 e. The fraction of sp³-hybridized carbons (Fsp3) is 0.154. The van der Waals surface area contributed by atoms with Crippen LogP contribution in [-0.4, -0.2) is 11.5 Å². The topological polar surface area (TPSA) is 24.9 Å². The summed E-state index contributed by atoms with van der Waals surface area (Å²) in [7, 11) is 0. The Kier molecular flexibility index (Phi) is 3.34. The lowest BCUT2D eigenvalue weighted by atomic mass is 10.1. The maximum Gasteiger partial charge on any atom is 0.0360 e. The number of allylic oxidation sites excluding steroid dienone is 3.